The van der Waals surface area contributed by atoms with Crippen molar-refractivity contribution in [3.63, 3.8) is 0 Å². The van der Waals surface area contributed by atoms with Crippen molar-refractivity contribution in [3.05, 3.63) is 53.1 Å². The zero-order chi connectivity index (χ0) is 12.4. The van der Waals surface area contributed by atoms with Crippen LogP contribution in [0.25, 0.3) is 0 Å². The number of hydrogen-bond acceptors (Lipinski definition) is 2. The van der Waals surface area contributed by atoms with E-state index in [0.717, 1.165) is 31.6 Å². The molecule has 0 amide bonds. The van der Waals surface area contributed by atoms with Crippen LogP contribution in [0, 0.1) is 0 Å². The van der Waals surface area contributed by atoms with E-state index in [1.807, 2.05) is 7.05 Å². The standard InChI is InChI=1S/C16H19NO/c1-17-15(13-4-2-3-5-13)10-12-6-7-14-8-9-18-16(14)11-12/h2-4,6-7,11,15,17H,5,8-10H2,1H3. The van der Waals surface area contributed by atoms with E-state index < -0.39 is 0 Å². The predicted molar refractivity (Wildman–Crippen MR) is 74.0 cm³/mol. The van der Waals surface area contributed by atoms with Gasteiger partial charge in [0.15, 0.2) is 0 Å². The van der Waals surface area contributed by atoms with Crippen LogP contribution in [-0.4, -0.2) is 19.7 Å². The first-order valence-corrected chi connectivity index (χ1v) is 6.64. The number of ether oxygens (including phenoxy) is 1. The normalized spacial score (nSPS) is 18.4. The van der Waals surface area contributed by atoms with Crippen LogP contribution in [0.3, 0.4) is 0 Å². The molecule has 1 aliphatic heterocycles. The van der Waals surface area contributed by atoms with Crippen molar-refractivity contribution in [2.75, 3.05) is 13.7 Å². The lowest BCUT2D eigenvalue weighted by Crippen LogP contribution is -2.29. The molecule has 1 atom stereocenters. The van der Waals surface area contributed by atoms with E-state index in [9.17, 15) is 0 Å². The fourth-order valence-corrected chi connectivity index (χ4v) is 2.71. The molecule has 0 bridgehead atoms. The third-order valence-corrected chi connectivity index (χ3v) is 3.80. The molecule has 3 rings (SSSR count). The van der Waals surface area contributed by atoms with Crippen LogP contribution in [0.2, 0.25) is 0 Å². The summed E-state index contributed by atoms with van der Waals surface area (Å²) in [5.74, 6) is 1.08. The van der Waals surface area contributed by atoms with Gasteiger partial charge in [-0.05, 0) is 42.7 Å². The fourth-order valence-electron chi connectivity index (χ4n) is 2.71. The smallest absolute Gasteiger partial charge is 0.122 e. The molecule has 0 radical (unpaired) electrons. The lowest BCUT2D eigenvalue weighted by atomic mass is 9.97. The first-order chi connectivity index (χ1) is 8.86. The van der Waals surface area contributed by atoms with Gasteiger partial charge in [0.25, 0.3) is 0 Å². The minimum atomic E-state index is 0.430. The highest BCUT2D eigenvalue weighted by molar-refractivity contribution is 5.41. The monoisotopic (exact) mass is 241 g/mol. The molecular formula is C16H19NO. The van der Waals surface area contributed by atoms with E-state index >= 15 is 0 Å². The van der Waals surface area contributed by atoms with Gasteiger partial charge in [0.1, 0.15) is 5.75 Å². The second kappa shape index (κ2) is 4.99. The first-order valence-electron chi connectivity index (χ1n) is 6.64. The molecule has 1 N–H and O–H groups in total. The third-order valence-electron chi connectivity index (χ3n) is 3.80. The average molecular weight is 241 g/mol. The van der Waals surface area contributed by atoms with Crippen LogP contribution < -0.4 is 10.1 Å². The van der Waals surface area contributed by atoms with E-state index in [4.69, 9.17) is 4.74 Å². The maximum Gasteiger partial charge on any atom is 0.122 e. The summed E-state index contributed by atoms with van der Waals surface area (Å²) < 4.78 is 5.63. The van der Waals surface area contributed by atoms with Crippen molar-refractivity contribution in [2.45, 2.75) is 25.3 Å². The summed E-state index contributed by atoms with van der Waals surface area (Å²) in [4.78, 5) is 0. The minimum Gasteiger partial charge on any atom is -0.493 e. The summed E-state index contributed by atoms with van der Waals surface area (Å²) in [6.45, 7) is 0.837. The molecule has 1 aromatic carbocycles. The Hall–Kier alpha value is -1.54. The van der Waals surface area contributed by atoms with Crippen molar-refractivity contribution < 1.29 is 4.74 Å². The molecule has 0 spiro atoms. The van der Waals surface area contributed by atoms with Crippen LogP contribution in [0.4, 0.5) is 0 Å². The summed E-state index contributed by atoms with van der Waals surface area (Å²) in [7, 11) is 2.04. The molecule has 2 nitrogen and oxygen atoms in total. The summed E-state index contributed by atoms with van der Waals surface area (Å²) in [6, 6.07) is 7.08. The molecule has 0 fully saturated rings. The zero-order valence-corrected chi connectivity index (χ0v) is 10.8. The topological polar surface area (TPSA) is 21.3 Å². The first kappa shape index (κ1) is 11.5. The molecule has 1 aliphatic carbocycles. The largest absolute Gasteiger partial charge is 0.493 e. The Morgan fingerprint density at radius 2 is 2.33 bits per heavy atom. The Kier molecular flexibility index (Phi) is 3.20. The van der Waals surface area contributed by atoms with Crippen molar-refractivity contribution in [2.24, 2.45) is 0 Å². The van der Waals surface area contributed by atoms with Crippen LogP contribution in [0.15, 0.2) is 42.0 Å². The Bertz CT molecular complexity index is 502. The Morgan fingerprint density at radius 3 is 3.11 bits per heavy atom. The Labute approximate surface area is 108 Å². The summed E-state index contributed by atoms with van der Waals surface area (Å²) in [5.41, 5.74) is 4.17. The summed E-state index contributed by atoms with van der Waals surface area (Å²) in [5, 5.41) is 3.41. The minimum absolute atomic E-state index is 0.430. The van der Waals surface area contributed by atoms with Gasteiger partial charge in [-0.3, -0.25) is 0 Å². The Morgan fingerprint density at radius 1 is 1.39 bits per heavy atom. The van der Waals surface area contributed by atoms with Crippen molar-refractivity contribution in [3.8, 4) is 5.75 Å². The maximum absolute atomic E-state index is 5.63. The van der Waals surface area contributed by atoms with Crippen molar-refractivity contribution >= 4 is 0 Å². The molecule has 0 saturated heterocycles. The molecule has 94 valence electrons. The number of likely N-dealkylation sites (N-methyl/N-ethyl adjacent to an activating group) is 1. The molecule has 2 aliphatic rings. The zero-order valence-electron chi connectivity index (χ0n) is 10.8. The molecule has 1 unspecified atom stereocenters. The van der Waals surface area contributed by atoms with Crippen molar-refractivity contribution in [1.82, 2.24) is 5.32 Å². The molecular weight excluding hydrogens is 222 g/mol. The molecule has 18 heavy (non-hydrogen) atoms. The molecule has 1 heterocycles. The second-order valence-electron chi connectivity index (χ2n) is 4.96. The molecule has 2 heteroatoms. The quantitative estimate of drug-likeness (QED) is 0.875. The van der Waals surface area contributed by atoms with Gasteiger partial charge < -0.3 is 10.1 Å². The van der Waals surface area contributed by atoms with Crippen LogP contribution in [0.1, 0.15) is 17.5 Å². The molecule has 1 aromatic rings. The molecule has 0 aromatic heterocycles. The maximum atomic E-state index is 5.63. The van der Waals surface area contributed by atoms with E-state index in [1.165, 1.54) is 16.7 Å². The number of fused-ring (bicyclic) bond motifs is 1. The molecule has 0 saturated carbocycles. The highest BCUT2D eigenvalue weighted by Crippen LogP contribution is 2.27. The van der Waals surface area contributed by atoms with Gasteiger partial charge in [0.05, 0.1) is 6.61 Å². The Balaban J connectivity index is 1.75. The summed E-state index contributed by atoms with van der Waals surface area (Å²) >= 11 is 0. The van der Waals surface area contributed by atoms with Gasteiger partial charge in [-0.2, -0.15) is 0 Å². The van der Waals surface area contributed by atoms with Crippen LogP contribution in [0.5, 0.6) is 5.75 Å². The van der Waals surface area contributed by atoms with Crippen LogP contribution >= 0.6 is 0 Å². The van der Waals surface area contributed by atoms with Crippen LogP contribution in [-0.2, 0) is 12.8 Å². The van der Waals surface area contributed by atoms with E-state index in [2.05, 4.69) is 41.7 Å². The third kappa shape index (κ3) is 2.21. The lowest BCUT2D eigenvalue weighted by Gasteiger charge is -2.18. The van der Waals surface area contributed by atoms with E-state index in [-0.39, 0.29) is 0 Å². The number of rotatable bonds is 4. The van der Waals surface area contributed by atoms with Crippen molar-refractivity contribution in [1.29, 1.82) is 0 Å². The highest BCUT2D eigenvalue weighted by atomic mass is 16.5. The van der Waals surface area contributed by atoms with Gasteiger partial charge in [-0.15, -0.1) is 0 Å². The number of nitrogens with one attached hydrogen (secondary N) is 1. The van der Waals surface area contributed by atoms with E-state index in [0.29, 0.717) is 6.04 Å². The number of allylic oxidation sites excluding steroid dienone is 3. The average Bonchev–Trinajstić information content (AvgIpc) is 3.06. The van der Waals surface area contributed by atoms with Gasteiger partial charge in [-0.1, -0.05) is 30.4 Å². The highest BCUT2D eigenvalue weighted by Gasteiger charge is 2.16. The number of hydrogen-bond donors (Lipinski definition) is 1. The number of benzene rings is 1. The lowest BCUT2D eigenvalue weighted by molar-refractivity contribution is 0.356. The second-order valence-corrected chi connectivity index (χ2v) is 4.96. The SMILES string of the molecule is CNC(Cc1ccc2c(c1)OCC2)C1=CC=CC1. The van der Waals surface area contributed by atoms with Gasteiger partial charge >= 0.3 is 0 Å². The predicted octanol–water partition coefficient (Wildman–Crippen LogP) is 2.64. The van der Waals surface area contributed by atoms with Gasteiger partial charge in [0, 0.05) is 12.5 Å². The van der Waals surface area contributed by atoms with Gasteiger partial charge in [0.2, 0.25) is 0 Å². The summed E-state index contributed by atoms with van der Waals surface area (Å²) in [6.07, 6.45) is 9.75. The fraction of sp³-hybridized carbons (Fsp3) is 0.375. The van der Waals surface area contributed by atoms with Gasteiger partial charge in [-0.25, -0.2) is 0 Å². The van der Waals surface area contributed by atoms with E-state index in [1.54, 1.807) is 0 Å².